The van der Waals surface area contributed by atoms with E-state index in [0.717, 1.165) is 6.07 Å². The van der Waals surface area contributed by atoms with Gasteiger partial charge in [0.2, 0.25) is 10.0 Å². The van der Waals surface area contributed by atoms with E-state index in [4.69, 9.17) is 5.73 Å². The van der Waals surface area contributed by atoms with Crippen molar-refractivity contribution in [3.8, 4) is 0 Å². The first-order valence-electron chi connectivity index (χ1n) is 6.50. The van der Waals surface area contributed by atoms with E-state index in [-0.39, 0.29) is 23.7 Å². The van der Waals surface area contributed by atoms with Gasteiger partial charge in [0.1, 0.15) is 10.7 Å². The van der Waals surface area contributed by atoms with Crippen LogP contribution in [-0.4, -0.2) is 36.5 Å². The maximum atomic E-state index is 13.8. The highest BCUT2D eigenvalue weighted by Gasteiger charge is 2.32. The molecule has 1 aliphatic rings. The van der Waals surface area contributed by atoms with Crippen molar-refractivity contribution in [1.82, 2.24) is 4.31 Å². The van der Waals surface area contributed by atoms with Crippen molar-refractivity contribution in [3.63, 3.8) is 0 Å². The minimum Gasteiger partial charge on any atom is -0.399 e. The fourth-order valence-electron chi connectivity index (χ4n) is 2.34. The second-order valence-electron chi connectivity index (χ2n) is 5.44. The third-order valence-electron chi connectivity index (χ3n) is 3.60. The molecule has 0 radical (unpaired) electrons. The van der Waals surface area contributed by atoms with Gasteiger partial charge in [0.15, 0.2) is 0 Å². The van der Waals surface area contributed by atoms with Crippen LogP contribution in [0.15, 0.2) is 23.1 Å². The number of aliphatic hydroxyl groups is 1. The lowest BCUT2D eigenvalue weighted by atomic mass is 9.98. The Morgan fingerprint density at radius 2 is 2.05 bits per heavy atom. The summed E-state index contributed by atoms with van der Waals surface area (Å²) in [5, 5.41) is 9.99. The fraction of sp³-hybridized carbons (Fsp3) is 0.538. The van der Waals surface area contributed by atoms with E-state index in [1.54, 1.807) is 6.92 Å². The monoisotopic (exact) mass is 302 g/mol. The number of nitrogen functional groups attached to an aromatic ring is 1. The predicted octanol–water partition coefficient (Wildman–Crippen LogP) is 1.33. The van der Waals surface area contributed by atoms with Crippen LogP contribution in [0.25, 0.3) is 0 Å². The van der Waals surface area contributed by atoms with Crippen LogP contribution < -0.4 is 5.73 Å². The Bertz CT molecular complexity index is 602. The molecule has 5 nitrogen and oxygen atoms in total. The number of anilines is 1. The Kier molecular flexibility index (Phi) is 4.04. The number of rotatable bonds is 2. The van der Waals surface area contributed by atoms with Gasteiger partial charge in [-0.15, -0.1) is 0 Å². The number of hydrogen-bond donors (Lipinski definition) is 2. The molecular weight excluding hydrogens is 283 g/mol. The minimum atomic E-state index is -3.89. The van der Waals surface area contributed by atoms with Gasteiger partial charge >= 0.3 is 0 Å². The van der Waals surface area contributed by atoms with E-state index in [0.29, 0.717) is 19.3 Å². The Labute approximate surface area is 118 Å². The highest BCUT2D eigenvalue weighted by Crippen LogP contribution is 2.27. The van der Waals surface area contributed by atoms with Gasteiger partial charge in [-0.1, -0.05) is 0 Å². The van der Waals surface area contributed by atoms with Gasteiger partial charge in [0.25, 0.3) is 0 Å². The Morgan fingerprint density at radius 1 is 1.35 bits per heavy atom. The zero-order valence-electron chi connectivity index (χ0n) is 11.3. The van der Waals surface area contributed by atoms with Crippen LogP contribution in [0, 0.1) is 5.82 Å². The number of hydrogen-bond acceptors (Lipinski definition) is 4. The first-order chi connectivity index (χ1) is 9.22. The third-order valence-corrected chi connectivity index (χ3v) is 5.53. The number of nitrogens with two attached hydrogens (primary N) is 1. The molecule has 1 saturated heterocycles. The first kappa shape index (κ1) is 15.2. The smallest absolute Gasteiger partial charge is 0.245 e. The molecule has 0 saturated carbocycles. The zero-order chi connectivity index (χ0) is 15.0. The SMILES string of the molecule is CC1(O)CCCN(S(=O)(=O)c2ccc(N)cc2F)CC1. The van der Waals surface area contributed by atoms with Crippen LogP contribution in [-0.2, 0) is 10.0 Å². The summed E-state index contributed by atoms with van der Waals surface area (Å²) in [6.07, 6.45) is 1.41. The van der Waals surface area contributed by atoms with Crippen molar-refractivity contribution in [3.05, 3.63) is 24.0 Å². The van der Waals surface area contributed by atoms with Crippen molar-refractivity contribution >= 4 is 15.7 Å². The normalized spacial score (nSPS) is 25.4. The first-order valence-corrected chi connectivity index (χ1v) is 7.94. The summed E-state index contributed by atoms with van der Waals surface area (Å²) >= 11 is 0. The highest BCUT2D eigenvalue weighted by molar-refractivity contribution is 7.89. The van der Waals surface area contributed by atoms with Gasteiger partial charge < -0.3 is 10.8 Å². The summed E-state index contributed by atoms with van der Waals surface area (Å²) in [7, 11) is -3.89. The van der Waals surface area contributed by atoms with E-state index in [9.17, 15) is 17.9 Å². The maximum Gasteiger partial charge on any atom is 0.245 e. The molecule has 20 heavy (non-hydrogen) atoms. The molecule has 1 unspecified atom stereocenters. The van der Waals surface area contributed by atoms with Crippen molar-refractivity contribution in [2.75, 3.05) is 18.8 Å². The van der Waals surface area contributed by atoms with E-state index in [1.807, 2.05) is 0 Å². The topological polar surface area (TPSA) is 83.6 Å². The molecule has 0 aliphatic carbocycles. The molecule has 1 fully saturated rings. The van der Waals surface area contributed by atoms with E-state index >= 15 is 0 Å². The minimum absolute atomic E-state index is 0.180. The molecule has 0 aromatic heterocycles. The lowest BCUT2D eigenvalue weighted by Gasteiger charge is -2.22. The van der Waals surface area contributed by atoms with Gasteiger partial charge in [-0.2, -0.15) is 4.31 Å². The quantitative estimate of drug-likeness (QED) is 0.807. The van der Waals surface area contributed by atoms with Gasteiger partial charge in [-0.25, -0.2) is 12.8 Å². The van der Waals surface area contributed by atoms with Crippen LogP contribution >= 0.6 is 0 Å². The number of sulfonamides is 1. The molecule has 7 heteroatoms. The molecule has 0 bridgehead atoms. The van der Waals surface area contributed by atoms with Crippen molar-refractivity contribution in [1.29, 1.82) is 0 Å². The summed E-state index contributed by atoms with van der Waals surface area (Å²) in [6.45, 7) is 2.15. The van der Waals surface area contributed by atoms with Crippen molar-refractivity contribution in [2.45, 2.75) is 36.7 Å². The molecule has 2 rings (SSSR count). The summed E-state index contributed by atoms with van der Waals surface area (Å²) in [5.41, 5.74) is 4.74. The summed E-state index contributed by atoms with van der Waals surface area (Å²) in [6, 6.07) is 3.55. The van der Waals surface area contributed by atoms with Crippen LogP contribution in [0.3, 0.4) is 0 Å². The molecule has 1 heterocycles. The predicted molar refractivity (Wildman–Crippen MR) is 74.0 cm³/mol. The Balaban J connectivity index is 2.30. The van der Waals surface area contributed by atoms with Crippen molar-refractivity contribution < 1.29 is 17.9 Å². The zero-order valence-corrected chi connectivity index (χ0v) is 12.2. The molecule has 1 aliphatic heterocycles. The van der Waals surface area contributed by atoms with Gasteiger partial charge in [-0.3, -0.25) is 0 Å². The summed E-state index contributed by atoms with van der Waals surface area (Å²) < 4.78 is 39.9. The molecule has 0 spiro atoms. The third kappa shape index (κ3) is 3.11. The number of nitrogens with zero attached hydrogens (tertiary/aromatic N) is 1. The Hall–Kier alpha value is -1.18. The summed E-state index contributed by atoms with van der Waals surface area (Å²) in [5.74, 6) is -0.846. The molecular formula is C13H19FN2O3S. The number of halogens is 1. The van der Waals surface area contributed by atoms with Crippen molar-refractivity contribution in [2.24, 2.45) is 0 Å². The number of benzene rings is 1. The van der Waals surface area contributed by atoms with Crippen LogP contribution in [0.2, 0.25) is 0 Å². The molecule has 1 aromatic rings. The molecule has 112 valence electrons. The van der Waals surface area contributed by atoms with E-state index < -0.39 is 21.4 Å². The van der Waals surface area contributed by atoms with Gasteiger partial charge in [-0.05, 0) is 44.4 Å². The van der Waals surface area contributed by atoms with Crippen LogP contribution in [0.1, 0.15) is 26.2 Å². The van der Waals surface area contributed by atoms with E-state index in [1.165, 1.54) is 16.4 Å². The average Bonchev–Trinajstić information content (AvgIpc) is 2.50. The lowest BCUT2D eigenvalue weighted by Crippen LogP contribution is -2.34. The molecule has 3 N–H and O–H groups in total. The maximum absolute atomic E-state index is 13.8. The second-order valence-corrected chi connectivity index (χ2v) is 7.35. The molecule has 1 atom stereocenters. The largest absolute Gasteiger partial charge is 0.399 e. The van der Waals surface area contributed by atoms with E-state index in [2.05, 4.69) is 0 Å². The van der Waals surface area contributed by atoms with Crippen LogP contribution in [0.4, 0.5) is 10.1 Å². The second kappa shape index (κ2) is 5.31. The Morgan fingerprint density at radius 3 is 2.70 bits per heavy atom. The fourth-order valence-corrected chi connectivity index (χ4v) is 3.87. The van der Waals surface area contributed by atoms with Gasteiger partial charge in [0.05, 0.1) is 5.60 Å². The average molecular weight is 302 g/mol. The standard InChI is InChI=1S/C13H19FN2O3S/c1-13(17)5-2-7-16(8-6-13)20(18,19)12-4-3-10(15)9-11(12)14/h3-4,9,17H,2,5-8,15H2,1H3. The highest BCUT2D eigenvalue weighted by atomic mass is 32.2. The molecule has 0 amide bonds. The molecule has 1 aromatic carbocycles. The lowest BCUT2D eigenvalue weighted by molar-refractivity contribution is 0.0465. The summed E-state index contributed by atoms with van der Waals surface area (Å²) in [4.78, 5) is -0.367. The van der Waals surface area contributed by atoms with Gasteiger partial charge in [0, 0.05) is 18.8 Å². The van der Waals surface area contributed by atoms with Crippen LogP contribution in [0.5, 0.6) is 0 Å².